The lowest BCUT2D eigenvalue weighted by atomic mass is 9.69. The van der Waals surface area contributed by atoms with Gasteiger partial charge < -0.3 is 0 Å². The van der Waals surface area contributed by atoms with Gasteiger partial charge in [-0.15, -0.1) is 0 Å². The Kier molecular flexibility index (Phi) is 3.17. The van der Waals surface area contributed by atoms with Crippen molar-refractivity contribution in [3.05, 3.63) is 104 Å². The lowest BCUT2D eigenvalue weighted by Crippen LogP contribution is -2.20. The molecule has 0 atom stereocenters. The molecule has 4 aliphatic rings. The smallest absolute Gasteiger partial charge is 0.00581 e. The van der Waals surface area contributed by atoms with E-state index in [1.54, 1.807) is 55.7 Å². The molecule has 2 aromatic carbocycles. The van der Waals surface area contributed by atoms with Crippen molar-refractivity contribution in [3.63, 3.8) is 0 Å². The summed E-state index contributed by atoms with van der Waals surface area (Å²) in [6, 6.07) is 18.2. The highest BCUT2D eigenvalue weighted by Gasteiger charge is 2.30. The van der Waals surface area contributed by atoms with Crippen LogP contribution >= 0.6 is 0 Å². The predicted octanol–water partition coefficient (Wildman–Crippen LogP) is 6.06. The molecule has 0 radical (unpaired) electrons. The molecule has 128 valence electrons. The first-order valence-corrected chi connectivity index (χ1v) is 10.1. The fourth-order valence-corrected chi connectivity index (χ4v) is 5.63. The minimum atomic E-state index is 1.19. The van der Waals surface area contributed by atoms with Gasteiger partial charge in [-0.25, -0.2) is 0 Å². The van der Waals surface area contributed by atoms with Crippen molar-refractivity contribution < 1.29 is 0 Å². The zero-order valence-electron chi connectivity index (χ0n) is 15.3. The van der Waals surface area contributed by atoms with Crippen LogP contribution < -0.4 is 0 Å². The van der Waals surface area contributed by atoms with Crippen LogP contribution in [0.1, 0.15) is 47.9 Å². The topological polar surface area (TPSA) is 0 Å². The van der Waals surface area contributed by atoms with E-state index in [9.17, 15) is 0 Å². The van der Waals surface area contributed by atoms with E-state index in [-0.39, 0.29) is 0 Å². The summed E-state index contributed by atoms with van der Waals surface area (Å²) in [5.41, 5.74) is 16.8. The molecule has 4 aliphatic carbocycles. The van der Waals surface area contributed by atoms with Crippen LogP contribution in [0.2, 0.25) is 0 Å². The molecule has 0 aliphatic heterocycles. The van der Waals surface area contributed by atoms with Crippen LogP contribution in [-0.2, 0) is 25.7 Å². The summed E-state index contributed by atoms with van der Waals surface area (Å²) in [7, 11) is 0. The molecular weight excluding hydrogens is 312 g/mol. The molecule has 0 nitrogen and oxygen atoms in total. The Balaban J connectivity index is 1.27. The summed E-state index contributed by atoms with van der Waals surface area (Å²) in [6.45, 7) is 0. The number of fused-ring (bicyclic) bond motifs is 2. The average Bonchev–Trinajstić information content (AvgIpc) is 2.67. The molecule has 0 unspecified atom stereocenters. The van der Waals surface area contributed by atoms with Crippen LogP contribution in [0.5, 0.6) is 0 Å². The van der Waals surface area contributed by atoms with E-state index in [0.29, 0.717) is 0 Å². The summed E-state index contributed by atoms with van der Waals surface area (Å²) in [5.74, 6) is 0. The lowest BCUT2D eigenvalue weighted by molar-refractivity contribution is 0.726. The maximum absolute atomic E-state index is 2.34. The first-order valence-electron chi connectivity index (χ1n) is 10.1. The minimum absolute atomic E-state index is 1.19. The third kappa shape index (κ3) is 2.28. The summed E-state index contributed by atoms with van der Waals surface area (Å²) >= 11 is 0. The first-order chi connectivity index (χ1) is 12.8. The first kappa shape index (κ1) is 14.8. The molecule has 0 N–H and O–H groups in total. The molecule has 6 rings (SSSR count). The lowest BCUT2D eigenvalue weighted by Gasteiger charge is -2.36. The van der Waals surface area contributed by atoms with E-state index < -0.39 is 0 Å². The van der Waals surface area contributed by atoms with E-state index in [2.05, 4.69) is 48.5 Å². The van der Waals surface area contributed by atoms with E-state index >= 15 is 0 Å². The van der Waals surface area contributed by atoms with Crippen molar-refractivity contribution in [1.82, 2.24) is 0 Å². The Labute approximate surface area is 156 Å². The van der Waals surface area contributed by atoms with Gasteiger partial charge in [0, 0.05) is 0 Å². The standard InChI is InChI=1S/C26H24/c1-2-6-18-10-22-14-26-16-24-12-20-8-4-3-7-19(20)11-23(24)15-25(26)13-21(22)9-17(18)5-1/h1-8H,9-16H2. The maximum atomic E-state index is 2.34. The molecule has 0 aromatic heterocycles. The number of rotatable bonds is 0. The number of allylic oxidation sites excluding steroid dienone is 6. The van der Waals surface area contributed by atoms with Gasteiger partial charge in [0.05, 0.1) is 0 Å². The van der Waals surface area contributed by atoms with E-state index in [4.69, 9.17) is 0 Å². The summed E-state index contributed by atoms with van der Waals surface area (Å²) < 4.78 is 0. The van der Waals surface area contributed by atoms with E-state index in [1.165, 1.54) is 51.4 Å². The van der Waals surface area contributed by atoms with Gasteiger partial charge in [-0.2, -0.15) is 0 Å². The molecule has 26 heavy (non-hydrogen) atoms. The number of benzene rings is 2. The van der Waals surface area contributed by atoms with Gasteiger partial charge in [0.25, 0.3) is 0 Å². The van der Waals surface area contributed by atoms with Crippen molar-refractivity contribution >= 4 is 0 Å². The van der Waals surface area contributed by atoms with Gasteiger partial charge in [0.1, 0.15) is 0 Å². The van der Waals surface area contributed by atoms with Crippen molar-refractivity contribution in [3.8, 4) is 0 Å². The molecule has 0 heteroatoms. The fraction of sp³-hybridized carbons (Fsp3) is 0.308. The molecule has 2 aromatic rings. The Morgan fingerprint density at radius 1 is 0.308 bits per heavy atom. The summed E-state index contributed by atoms with van der Waals surface area (Å²) in [5, 5.41) is 0. The van der Waals surface area contributed by atoms with Crippen molar-refractivity contribution in [2.75, 3.05) is 0 Å². The molecule has 0 amide bonds. The number of hydrogen-bond donors (Lipinski definition) is 0. The largest absolute Gasteiger partial charge is 0.0622 e. The SMILES string of the molecule is c1ccc2c(c1)CC1=C(CC3=C(C1)CC1=C(C3)Cc3ccccc3C1)C2. The zero-order valence-corrected chi connectivity index (χ0v) is 15.3. The Morgan fingerprint density at radius 2 is 0.538 bits per heavy atom. The normalized spacial score (nSPS) is 20.9. The van der Waals surface area contributed by atoms with Gasteiger partial charge in [-0.05, 0) is 73.6 Å². The second-order valence-electron chi connectivity index (χ2n) is 8.57. The van der Waals surface area contributed by atoms with Gasteiger partial charge >= 0.3 is 0 Å². The highest BCUT2D eigenvalue weighted by molar-refractivity contribution is 5.52. The molecule has 0 bridgehead atoms. The second kappa shape index (κ2) is 5.58. The molecule has 0 fully saturated rings. The Morgan fingerprint density at radius 3 is 0.808 bits per heavy atom. The van der Waals surface area contributed by atoms with Crippen molar-refractivity contribution in [2.24, 2.45) is 0 Å². The molecule has 0 saturated carbocycles. The fourth-order valence-electron chi connectivity index (χ4n) is 5.63. The van der Waals surface area contributed by atoms with Gasteiger partial charge in [0.15, 0.2) is 0 Å². The van der Waals surface area contributed by atoms with E-state index in [0.717, 1.165) is 0 Å². The van der Waals surface area contributed by atoms with Gasteiger partial charge in [-0.3, -0.25) is 0 Å². The second-order valence-corrected chi connectivity index (χ2v) is 8.57. The van der Waals surface area contributed by atoms with Crippen LogP contribution in [0.15, 0.2) is 82.0 Å². The van der Waals surface area contributed by atoms with Crippen LogP contribution in [0.4, 0.5) is 0 Å². The Hall–Kier alpha value is -2.34. The third-order valence-corrected chi connectivity index (χ3v) is 7.06. The van der Waals surface area contributed by atoms with Crippen LogP contribution in [-0.4, -0.2) is 0 Å². The highest BCUT2D eigenvalue weighted by atomic mass is 14.3. The third-order valence-electron chi connectivity index (χ3n) is 7.06. The minimum Gasteiger partial charge on any atom is -0.0622 e. The van der Waals surface area contributed by atoms with Crippen LogP contribution in [0.25, 0.3) is 0 Å². The molecule has 0 saturated heterocycles. The Bertz CT molecular complexity index is 864. The van der Waals surface area contributed by atoms with Crippen molar-refractivity contribution in [1.29, 1.82) is 0 Å². The van der Waals surface area contributed by atoms with E-state index in [1.807, 2.05) is 0 Å². The monoisotopic (exact) mass is 336 g/mol. The van der Waals surface area contributed by atoms with Crippen LogP contribution in [0.3, 0.4) is 0 Å². The predicted molar refractivity (Wildman–Crippen MR) is 107 cm³/mol. The highest BCUT2D eigenvalue weighted by Crippen LogP contribution is 2.46. The average molecular weight is 336 g/mol. The number of hydrogen-bond acceptors (Lipinski definition) is 0. The van der Waals surface area contributed by atoms with Crippen LogP contribution in [0, 0.1) is 0 Å². The molecular formula is C26H24. The van der Waals surface area contributed by atoms with Crippen molar-refractivity contribution in [2.45, 2.75) is 51.4 Å². The maximum Gasteiger partial charge on any atom is -0.00581 e. The molecule has 0 heterocycles. The molecule has 0 spiro atoms. The van der Waals surface area contributed by atoms with Gasteiger partial charge in [-0.1, -0.05) is 82.0 Å². The summed E-state index contributed by atoms with van der Waals surface area (Å²) in [4.78, 5) is 0. The van der Waals surface area contributed by atoms with Gasteiger partial charge in [0.2, 0.25) is 0 Å². The summed E-state index contributed by atoms with van der Waals surface area (Å²) in [6.07, 6.45) is 9.76. The zero-order chi connectivity index (χ0) is 17.1. The quantitative estimate of drug-likeness (QED) is 0.513.